The van der Waals surface area contributed by atoms with Crippen molar-refractivity contribution in [2.45, 2.75) is 91.6 Å². The first-order valence-corrected chi connectivity index (χ1v) is 10.9. The zero-order chi connectivity index (χ0) is 24.5. The highest BCUT2D eigenvalue weighted by molar-refractivity contribution is 6.62. The Bertz CT molecular complexity index is 867. The Morgan fingerprint density at radius 1 is 1.06 bits per heavy atom. The fraction of sp³-hybridized carbons (Fsp3) is 0.583. The van der Waals surface area contributed by atoms with Crippen LogP contribution in [0.1, 0.15) is 74.3 Å². The van der Waals surface area contributed by atoms with Gasteiger partial charge in [-0.3, -0.25) is 0 Å². The summed E-state index contributed by atoms with van der Waals surface area (Å²) in [7, 11) is -0.436. The predicted molar refractivity (Wildman–Crippen MR) is 126 cm³/mol. The lowest BCUT2D eigenvalue weighted by atomic mass is 9.78. The molecule has 176 valence electrons. The lowest BCUT2D eigenvalue weighted by Crippen LogP contribution is -2.43. The summed E-state index contributed by atoms with van der Waals surface area (Å²) in [5, 5.41) is 12.0. The van der Waals surface area contributed by atoms with Crippen molar-refractivity contribution in [1.82, 2.24) is 5.32 Å². The second-order valence-corrected chi connectivity index (χ2v) is 10.4. The SMILES string of the molecule is C/C(C[C@H](NC(=O)OC(C)(C)C)C(=O)O)=C(\C)c1ccc(B2OC(C)(C)C(C)(C)O2)cc1. The minimum absolute atomic E-state index is 0.166. The van der Waals surface area contributed by atoms with Crippen LogP contribution in [0, 0.1) is 0 Å². The van der Waals surface area contributed by atoms with Gasteiger partial charge < -0.3 is 24.5 Å². The monoisotopic (exact) mass is 445 g/mol. The molecule has 0 saturated carbocycles. The molecule has 2 rings (SSSR count). The van der Waals surface area contributed by atoms with Gasteiger partial charge >= 0.3 is 19.2 Å². The molecule has 1 amide bonds. The van der Waals surface area contributed by atoms with Gasteiger partial charge in [-0.25, -0.2) is 9.59 Å². The molecule has 0 unspecified atom stereocenters. The summed E-state index contributed by atoms with van der Waals surface area (Å²) >= 11 is 0. The number of ether oxygens (including phenoxy) is 1. The van der Waals surface area contributed by atoms with Gasteiger partial charge in [0, 0.05) is 0 Å². The van der Waals surface area contributed by atoms with Crippen LogP contribution in [0.15, 0.2) is 29.8 Å². The topological polar surface area (TPSA) is 94.1 Å². The first-order valence-electron chi connectivity index (χ1n) is 10.9. The number of carbonyl (C=O) groups excluding carboxylic acids is 1. The van der Waals surface area contributed by atoms with Crippen LogP contribution < -0.4 is 10.8 Å². The smallest absolute Gasteiger partial charge is 0.480 e. The third kappa shape index (κ3) is 6.36. The number of rotatable bonds is 6. The van der Waals surface area contributed by atoms with E-state index in [9.17, 15) is 14.7 Å². The fourth-order valence-corrected chi connectivity index (χ4v) is 3.22. The van der Waals surface area contributed by atoms with Gasteiger partial charge in [-0.2, -0.15) is 0 Å². The minimum atomic E-state index is -1.11. The zero-order valence-electron chi connectivity index (χ0n) is 20.7. The first-order chi connectivity index (χ1) is 14.5. The molecule has 1 fully saturated rings. The van der Waals surface area contributed by atoms with Gasteiger partial charge in [0.2, 0.25) is 0 Å². The van der Waals surface area contributed by atoms with E-state index in [1.165, 1.54) is 0 Å². The number of alkyl carbamates (subject to hydrolysis) is 1. The van der Waals surface area contributed by atoms with E-state index in [1.54, 1.807) is 20.8 Å². The average Bonchev–Trinajstić information content (AvgIpc) is 2.86. The van der Waals surface area contributed by atoms with E-state index >= 15 is 0 Å². The van der Waals surface area contributed by atoms with Gasteiger partial charge in [0.15, 0.2) is 0 Å². The molecule has 7 nitrogen and oxygen atoms in total. The Labute approximate surface area is 191 Å². The summed E-state index contributed by atoms with van der Waals surface area (Å²) in [4.78, 5) is 23.7. The molecule has 1 saturated heterocycles. The number of carbonyl (C=O) groups is 2. The van der Waals surface area contributed by atoms with Crippen molar-refractivity contribution in [3.05, 3.63) is 35.4 Å². The maximum absolute atomic E-state index is 12.0. The molecule has 1 heterocycles. The van der Waals surface area contributed by atoms with Gasteiger partial charge in [-0.1, -0.05) is 29.8 Å². The average molecular weight is 445 g/mol. The molecule has 0 spiro atoms. The largest absolute Gasteiger partial charge is 0.494 e. The van der Waals surface area contributed by atoms with E-state index in [1.807, 2.05) is 65.8 Å². The van der Waals surface area contributed by atoms with E-state index in [0.29, 0.717) is 0 Å². The highest BCUT2D eigenvalue weighted by atomic mass is 16.7. The molecule has 1 aliphatic heterocycles. The molecule has 0 aromatic heterocycles. The van der Waals surface area contributed by atoms with Crippen LogP contribution in [0.4, 0.5) is 4.79 Å². The molecule has 1 aliphatic rings. The molecular weight excluding hydrogens is 409 g/mol. The van der Waals surface area contributed by atoms with Gasteiger partial charge in [-0.15, -0.1) is 0 Å². The van der Waals surface area contributed by atoms with Crippen LogP contribution in [-0.4, -0.2) is 47.1 Å². The van der Waals surface area contributed by atoms with Crippen molar-refractivity contribution < 1.29 is 28.7 Å². The lowest BCUT2D eigenvalue weighted by molar-refractivity contribution is -0.139. The first kappa shape index (κ1) is 25.9. The Kier molecular flexibility index (Phi) is 7.52. The van der Waals surface area contributed by atoms with Crippen LogP contribution in [0.25, 0.3) is 5.57 Å². The molecular formula is C24H36BNO6. The number of aliphatic carboxylic acids is 1. The number of nitrogens with one attached hydrogen (secondary N) is 1. The predicted octanol–water partition coefficient (Wildman–Crippen LogP) is 4.15. The van der Waals surface area contributed by atoms with E-state index in [0.717, 1.165) is 22.2 Å². The number of carboxylic acids is 1. The molecule has 1 atom stereocenters. The highest BCUT2D eigenvalue weighted by Crippen LogP contribution is 2.36. The molecule has 1 aromatic carbocycles. The van der Waals surface area contributed by atoms with Crippen LogP contribution in [-0.2, 0) is 18.8 Å². The van der Waals surface area contributed by atoms with Crippen LogP contribution in [0.2, 0.25) is 0 Å². The number of carboxylic acid groups (broad SMARTS) is 1. The Hall–Kier alpha value is -2.32. The summed E-state index contributed by atoms with van der Waals surface area (Å²) in [6.07, 6.45) is -0.582. The van der Waals surface area contributed by atoms with Gasteiger partial charge in [0.25, 0.3) is 0 Å². The number of allylic oxidation sites excluding steroid dienone is 1. The highest BCUT2D eigenvalue weighted by Gasteiger charge is 2.51. The minimum Gasteiger partial charge on any atom is -0.480 e. The molecule has 0 bridgehead atoms. The standard InChI is InChI=1S/C24H36BNO6/c1-15(14-19(20(27)28)26-21(29)30-22(3,4)5)16(2)17-10-12-18(13-11-17)25-31-23(6,7)24(8,9)32-25/h10-13,19H,14H2,1-9H3,(H,26,29)(H,27,28)/b16-15-/t19-/m0/s1. The van der Waals surface area contributed by atoms with Gasteiger partial charge in [0.1, 0.15) is 11.6 Å². The summed E-state index contributed by atoms with van der Waals surface area (Å²) in [5.74, 6) is -1.11. The maximum Gasteiger partial charge on any atom is 0.494 e. The zero-order valence-corrected chi connectivity index (χ0v) is 20.7. The van der Waals surface area contributed by atoms with Crippen molar-refractivity contribution in [2.24, 2.45) is 0 Å². The summed E-state index contributed by atoms with van der Waals surface area (Å²) < 4.78 is 17.4. The van der Waals surface area contributed by atoms with Crippen LogP contribution in [0.3, 0.4) is 0 Å². The molecule has 0 aliphatic carbocycles. The summed E-state index contributed by atoms with van der Waals surface area (Å²) in [6, 6.07) is 6.78. The molecule has 1 aromatic rings. The van der Waals surface area contributed by atoms with Crippen molar-refractivity contribution in [2.75, 3.05) is 0 Å². The van der Waals surface area contributed by atoms with Crippen molar-refractivity contribution in [1.29, 1.82) is 0 Å². The molecule has 2 N–H and O–H groups in total. The second kappa shape index (κ2) is 9.28. The third-order valence-electron chi connectivity index (χ3n) is 6.01. The van der Waals surface area contributed by atoms with Crippen LogP contribution >= 0.6 is 0 Å². The molecule has 8 heteroatoms. The maximum atomic E-state index is 12.0. The Morgan fingerprint density at radius 3 is 2.00 bits per heavy atom. The second-order valence-electron chi connectivity index (χ2n) is 10.4. The van der Waals surface area contributed by atoms with Crippen molar-refractivity contribution in [3.8, 4) is 0 Å². The van der Waals surface area contributed by atoms with E-state index in [4.69, 9.17) is 14.0 Å². The Balaban J connectivity index is 2.12. The van der Waals surface area contributed by atoms with E-state index in [-0.39, 0.29) is 6.42 Å². The number of benzene rings is 1. The lowest BCUT2D eigenvalue weighted by Gasteiger charge is -2.32. The summed E-state index contributed by atoms with van der Waals surface area (Å²) in [5.41, 5.74) is 2.18. The fourth-order valence-electron chi connectivity index (χ4n) is 3.22. The molecule has 32 heavy (non-hydrogen) atoms. The molecule has 0 radical (unpaired) electrons. The normalized spacial score (nSPS) is 19.2. The third-order valence-corrected chi connectivity index (χ3v) is 6.01. The quantitative estimate of drug-likeness (QED) is 0.639. The van der Waals surface area contributed by atoms with E-state index < -0.39 is 42.0 Å². The Morgan fingerprint density at radius 2 is 1.56 bits per heavy atom. The van der Waals surface area contributed by atoms with Gasteiger partial charge in [0.05, 0.1) is 11.2 Å². The number of hydrogen-bond donors (Lipinski definition) is 2. The van der Waals surface area contributed by atoms with Crippen molar-refractivity contribution in [3.63, 3.8) is 0 Å². The van der Waals surface area contributed by atoms with E-state index in [2.05, 4.69) is 5.32 Å². The number of amides is 1. The van der Waals surface area contributed by atoms with Crippen LogP contribution in [0.5, 0.6) is 0 Å². The van der Waals surface area contributed by atoms with Gasteiger partial charge in [-0.05, 0) is 85.3 Å². The summed E-state index contributed by atoms with van der Waals surface area (Å²) in [6.45, 7) is 17.0. The van der Waals surface area contributed by atoms with Crippen molar-refractivity contribution >= 4 is 30.2 Å². The number of hydrogen-bond acceptors (Lipinski definition) is 5.